The Balaban J connectivity index is 1.54. The van der Waals surface area contributed by atoms with Gasteiger partial charge in [-0.2, -0.15) is 5.26 Å². The smallest absolute Gasteiger partial charge is 0.444 e. The number of allylic oxidation sites excluding steroid dienone is 1. The van der Waals surface area contributed by atoms with E-state index in [-0.39, 0.29) is 37.9 Å². The lowest BCUT2D eigenvalue weighted by Gasteiger charge is -2.39. The number of hydrogen-bond donors (Lipinski definition) is 3. The van der Waals surface area contributed by atoms with Gasteiger partial charge in [-0.15, -0.1) is 0 Å². The highest BCUT2D eigenvalue weighted by Gasteiger charge is 2.45. The molecule has 212 valence electrons. The molecule has 0 saturated carbocycles. The van der Waals surface area contributed by atoms with Crippen LogP contribution in [-0.4, -0.2) is 88.7 Å². The van der Waals surface area contributed by atoms with Gasteiger partial charge in [-0.3, -0.25) is 9.69 Å². The van der Waals surface area contributed by atoms with Gasteiger partial charge in [-0.1, -0.05) is 18.6 Å². The van der Waals surface area contributed by atoms with E-state index in [1.54, 1.807) is 11.8 Å². The molecule has 0 aromatic rings. The zero-order chi connectivity index (χ0) is 28.1. The van der Waals surface area contributed by atoms with Crippen molar-refractivity contribution in [2.24, 2.45) is 11.8 Å². The van der Waals surface area contributed by atoms with Crippen molar-refractivity contribution in [1.29, 1.82) is 5.26 Å². The standard InChI is InChI=1S/C26H41BF2N4O5/c1-18(14-25(2,3)33-12-10-26(28,29)17-33)21(15-30)23(34)32-11-6-9-20(16-32)38-24(35)31-22(27(36)37)13-19-7-4-5-8-19/h7,18,20-22,36-37H,4-6,8-14,16-17H2,1-3H3,(H,31,35)/t18?,20-,21?,22-/m0/s1. The summed E-state index contributed by atoms with van der Waals surface area (Å²) in [6.07, 6.45) is 5.15. The highest BCUT2D eigenvalue weighted by atomic mass is 19.3. The lowest BCUT2D eigenvalue weighted by molar-refractivity contribution is -0.138. The molecule has 2 heterocycles. The first-order valence-electron chi connectivity index (χ1n) is 13.6. The minimum atomic E-state index is -2.72. The molecule has 0 aromatic carbocycles. The molecule has 2 unspecified atom stereocenters. The number of carbonyl (C=O) groups is 2. The summed E-state index contributed by atoms with van der Waals surface area (Å²) in [5.41, 5.74) is 0.471. The lowest BCUT2D eigenvalue weighted by atomic mass is 9.76. The van der Waals surface area contributed by atoms with Gasteiger partial charge in [0, 0.05) is 25.0 Å². The largest absolute Gasteiger partial charge is 0.475 e. The zero-order valence-corrected chi connectivity index (χ0v) is 22.7. The number of piperidine rings is 1. The van der Waals surface area contributed by atoms with Crippen molar-refractivity contribution in [3.05, 3.63) is 11.6 Å². The minimum Gasteiger partial charge on any atom is -0.444 e. The summed E-state index contributed by atoms with van der Waals surface area (Å²) in [6, 6.07) is 2.12. The number of halogens is 2. The highest BCUT2D eigenvalue weighted by Crippen LogP contribution is 2.36. The van der Waals surface area contributed by atoms with E-state index in [0.717, 1.165) is 24.8 Å². The summed E-state index contributed by atoms with van der Waals surface area (Å²) in [5.74, 6) is -5.27. The molecule has 0 bridgehead atoms. The molecule has 2 fully saturated rings. The molecular formula is C26H41BF2N4O5. The van der Waals surface area contributed by atoms with E-state index in [1.807, 2.05) is 19.9 Å². The van der Waals surface area contributed by atoms with Crippen molar-refractivity contribution in [1.82, 2.24) is 15.1 Å². The van der Waals surface area contributed by atoms with Crippen LogP contribution in [-0.2, 0) is 9.53 Å². The maximum absolute atomic E-state index is 13.8. The Morgan fingerprint density at radius 2 is 2.08 bits per heavy atom. The van der Waals surface area contributed by atoms with Gasteiger partial charge in [0.05, 0.1) is 25.1 Å². The number of carbonyl (C=O) groups excluding carboxylic acids is 2. The zero-order valence-electron chi connectivity index (χ0n) is 22.7. The molecule has 0 aromatic heterocycles. The molecule has 9 nitrogen and oxygen atoms in total. The second-order valence-electron chi connectivity index (χ2n) is 11.7. The quantitative estimate of drug-likeness (QED) is 0.289. The molecule has 1 aliphatic carbocycles. The average Bonchev–Trinajstić information content (AvgIpc) is 3.48. The SMILES string of the molecule is CC(CC(C)(C)N1CCC(F)(F)C1)C(C#N)C(=O)N1CCC[C@H](OC(=O)N[C@@H](CC2=CCCC2)B(O)O)C1. The van der Waals surface area contributed by atoms with E-state index < -0.39 is 42.6 Å². The van der Waals surface area contributed by atoms with E-state index in [0.29, 0.717) is 32.2 Å². The summed E-state index contributed by atoms with van der Waals surface area (Å²) in [7, 11) is -1.73. The molecule has 4 atom stereocenters. The molecule has 3 aliphatic rings. The Kier molecular flexibility index (Phi) is 10.2. The molecule has 0 spiro atoms. The third-order valence-electron chi connectivity index (χ3n) is 8.07. The monoisotopic (exact) mass is 538 g/mol. The molecule has 3 N–H and O–H groups in total. The van der Waals surface area contributed by atoms with Gasteiger partial charge in [0.15, 0.2) is 0 Å². The number of nitrogens with zero attached hydrogens (tertiary/aromatic N) is 3. The second-order valence-corrected chi connectivity index (χ2v) is 11.7. The van der Waals surface area contributed by atoms with Gasteiger partial charge in [0.1, 0.15) is 12.0 Å². The number of rotatable bonds is 10. The molecule has 2 amide bonds. The van der Waals surface area contributed by atoms with Gasteiger partial charge in [-0.05, 0) is 64.7 Å². The summed E-state index contributed by atoms with van der Waals surface area (Å²) in [4.78, 5) is 29.1. The van der Waals surface area contributed by atoms with Gasteiger partial charge >= 0.3 is 13.2 Å². The van der Waals surface area contributed by atoms with Crippen LogP contribution in [0.4, 0.5) is 13.6 Å². The van der Waals surface area contributed by atoms with Crippen LogP contribution in [0.2, 0.25) is 0 Å². The first-order chi connectivity index (χ1) is 17.8. The normalized spacial score (nSPS) is 24.2. The molecule has 38 heavy (non-hydrogen) atoms. The second kappa shape index (κ2) is 12.8. The van der Waals surface area contributed by atoms with Gasteiger partial charge in [-0.25, -0.2) is 13.6 Å². The van der Waals surface area contributed by atoms with Crippen molar-refractivity contribution >= 4 is 19.1 Å². The van der Waals surface area contributed by atoms with Crippen molar-refractivity contribution in [2.75, 3.05) is 26.2 Å². The first-order valence-corrected chi connectivity index (χ1v) is 13.6. The summed E-state index contributed by atoms with van der Waals surface area (Å²) in [6.45, 7) is 6.05. The van der Waals surface area contributed by atoms with Gasteiger partial charge in [0.2, 0.25) is 5.91 Å². The number of alkyl halides is 2. The van der Waals surface area contributed by atoms with E-state index in [9.17, 15) is 33.7 Å². The van der Waals surface area contributed by atoms with E-state index >= 15 is 0 Å². The number of alkyl carbamates (subject to hydrolysis) is 1. The maximum atomic E-state index is 13.8. The Labute approximate surface area is 224 Å². The first kappa shape index (κ1) is 30.3. The molecule has 2 saturated heterocycles. The predicted molar refractivity (Wildman–Crippen MR) is 138 cm³/mol. The molecular weight excluding hydrogens is 497 g/mol. The van der Waals surface area contributed by atoms with E-state index in [1.165, 1.54) is 4.90 Å². The number of nitriles is 1. The fourth-order valence-corrected chi connectivity index (χ4v) is 5.92. The Morgan fingerprint density at radius 1 is 1.34 bits per heavy atom. The number of hydrogen-bond acceptors (Lipinski definition) is 7. The van der Waals surface area contributed by atoms with Crippen LogP contribution >= 0.6 is 0 Å². The number of likely N-dealkylation sites (tertiary alicyclic amines) is 2. The van der Waals surface area contributed by atoms with Crippen molar-refractivity contribution < 1.29 is 33.2 Å². The van der Waals surface area contributed by atoms with Crippen molar-refractivity contribution in [3.63, 3.8) is 0 Å². The topological polar surface area (TPSA) is 126 Å². The third-order valence-corrected chi connectivity index (χ3v) is 8.07. The Morgan fingerprint density at radius 3 is 2.66 bits per heavy atom. The van der Waals surface area contributed by atoms with E-state index in [4.69, 9.17) is 4.74 Å². The minimum absolute atomic E-state index is 0.135. The fourth-order valence-electron chi connectivity index (χ4n) is 5.92. The van der Waals surface area contributed by atoms with Crippen LogP contribution in [0.25, 0.3) is 0 Å². The van der Waals surface area contributed by atoms with Gasteiger partial charge < -0.3 is 25.0 Å². The summed E-state index contributed by atoms with van der Waals surface area (Å²) < 4.78 is 33.0. The molecule has 3 rings (SSSR count). The average molecular weight is 538 g/mol. The number of nitrogens with one attached hydrogen (secondary N) is 1. The van der Waals surface area contributed by atoms with Crippen LogP contribution in [0.1, 0.15) is 72.1 Å². The van der Waals surface area contributed by atoms with Crippen LogP contribution in [0.3, 0.4) is 0 Å². The number of amides is 2. The lowest BCUT2D eigenvalue weighted by Crippen LogP contribution is -2.51. The van der Waals surface area contributed by atoms with Gasteiger partial charge in [0.25, 0.3) is 5.92 Å². The highest BCUT2D eigenvalue weighted by molar-refractivity contribution is 6.43. The van der Waals surface area contributed by atoms with Crippen LogP contribution in [0, 0.1) is 23.2 Å². The molecule has 2 aliphatic heterocycles. The fraction of sp³-hybridized carbons (Fsp3) is 0.808. The maximum Gasteiger partial charge on any atom is 0.475 e. The predicted octanol–water partition coefficient (Wildman–Crippen LogP) is 2.87. The molecule has 12 heteroatoms. The Hall–Kier alpha value is -2.23. The van der Waals surface area contributed by atoms with E-state index in [2.05, 4.69) is 11.4 Å². The van der Waals surface area contributed by atoms with Crippen LogP contribution in [0.5, 0.6) is 0 Å². The molecule has 0 radical (unpaired) electrons. The summed E-state index contributed by atoms with van der Waals surface area (Å²) >= 11 is 0. The van der Waals surface area contributed by atoms with Crippen molar-refractivity contribution in [3.8, 4) is 6.07 Å². The van der Waals surface area contributed by atoms with Crippen LogP contribution in [0.15, 0.2) is 11.6 Å². The number of ether oxygens (including phenoxy) is 1. The summed E-state index contributed by atoms with van der Waals surface area (Å²) in [5, 5.41) is 31.8. The third kappa shape index (κ3) is 8.14. The Bertz CT molecular complexity index is 926. The van der Waals surface area contributed by atoms with Crippen LogP contribution < -0.4 is 5.32 Å². The van der Waals surface area contributed by atoms with Crippen molar-refractivity contribution in [2.45, 2.75) is 95.6 Å².